The number of rotatable bonds is 3. The van der Waals surface area contributed by atoms with E-state index in [1.807, 2.05) is 36.7 Å². The zero-order valence-electron chi connectivity index (χ0n) is 23.0. The molecule has 1 saturated carbocycles. The summed E-state index contributed by atoms with van der Waals surface area (Å²) in [5, 5.41) is 2.10. The van der Waals surface area contributed by atoms with Crippen LogP contribution in [0.5, 0.6) is 0 Å². The summed E-state index contributed by atoms with van der Waals surface area (Å²) < 4.78 is 2.27. The number of fused-ring (bicyclic) bond motifs is 8. The number of hydrogen-bond acceptors (Lipinski definition) is 3. The van der Waals surface area contributed by atoms with E-state index in [2.05, 4.69) is 96.0 Å². The molecule has 0 amide bonds. The van der Waals surface area contributed by atoms with Crippen LogP contribution < -0.4 is 0 Å². The molecule has 202 valence electrons. The number of nitrogens with zero attached hydrogens (tertiary/aromatic N) is 4. The summed E-state index contributed by atoms with van der Waals surface area (Å²) in [6.07, 6.45) is 7.07. The topological polar surface area (TPSA) is 43.1 Å². The van der Waals surface area contributed by atoms with Crippen molar-refractivity contribution < 1.29 is 21.1 Å². The van der Waals surface area contributed by atoms with Crippen molar-refractivity contribution in [3.05, 3.63) is 121 Å². The number of pyridine rings is 3. The van der Waals surface area contributed by atoms with Crippen LogP contribution in [0.4, 0.5) is 0 Å². The summed E-state index contributed by atoms with van der Waals surface area (Å²) in [5.41, 5.74) is 9.32. The van der Waals surface area contributed by atoms with Gasteiger partial charge in [0, 0.05) is 23.3 Å². The molecule has 5 heteroatoms. The minimum absolute atomic E-state index is 0. The zero-order valence-corrected chi connectivity index (χ0v) is 25.2. The van der Waals surface area contributed by atoms with Crippen molar-refractivity contribution in [2.45, 2.75) is 43.9 Å². The third-order valence-electron chi connectivity index (χ3n) is 9.51. The van der Waals surface area contributed by atoms with Gasteiger partial charge in [-0.15, -0.1) is 64.5 Å². The van der Waals surface area contributed by atoms with Gasteiger partial charge in [0.1, 0.15) is 5.65 Å². The van der Waals surface area contributed by atoms with Crippen molar-refractivity contribution in [3.63, 3.8) is 0 Å². The second-order valence-electron chi connectivity index (χ2n) is 11.5. The van der Waals surface area contributed by atoms with Crippen LogP contribution >= 0.6 is 0 Å². The van der Waals surface area contributed by atoms with E-state index < -0.39 is 0 Å². The van der Waals surface area contributed by atoms with Gasteiger partial charge in [-0.2, -0.15) is 0 Å². The first-order valence-electron chi connectivity index (χ1n) is 14.0. The van der Waals surface area contributed by atoms with E-state index in [1.165, 1.54) is 11.1 Å². The molecule has 4 aromatic heterocycles. The minimum Gasteiger partial charge on any atom is -0.335 e. The normalized spacial score (nSPS) is 20.6. The van der Waals surface area contributed by atoms with Gasteiger partial charge >= 0.3 is 21.1 Å². The van der Waals surface area contributed by atoms with Crippen molar-refractivity contribution >= 4 is 38.5 Å². The smallest absolute Gasteiger partial charge is 0.335 e. The Hall–Kier alpha value is -3.88. The zero-order chi connectivity index (χ0) is 26.9. The van der Waals surface area contributed by atoms with Crippen LogP contribution in [0.2, 0.25) is 0 Å². The van der Waals surface area contributed by atoms with Crippen LogP contribution in [-0.4, -0.2) is 19.4 Å². The maximum absolute atomic E-state index is 5.00. The van der Waals surface area contributed by atoms with E-state index in [9.17, 15) is 0 Å². The van der Waals surface area contributed by atoms with Crippen molar-refractivity contribution in [2.75, 3.05) is 0 Å². The minimum atomic E-state index is -0.118. The second kappa shape index (κ2) is 9.60. The van der Waals surface area contributed by atoms with Gasteiger partial charge in [0.05, 0.1) is 11.0 Å². The number of imidazole rings is 1. The van der Waals surface area contributed by atoms with E-state index in [-0.39, 0.29) is 31.9 Å². The van der Waals surface area contributed by atoms with E-state index in [0.29, 0.717) is 0 Å². The number of benzene rings is 3. The van der Waals surface area contributed by atoms with E-state index in [1.54, 1.807) is 0 Å². The second-order valence-corrected chi connectivity index (χ2v) is 11.5. The Bertz CT molecular complexity index is 2080. The molecule has 0 spiro atoms. The fourth-order valence-electron chi connectivity index (χ4n) is 7.08. The molecule has 2 atom stereocenters. The first-order chi connectivity index (χ1) is 19.6. The van der Waals surface area contributed by atoms with Crippen LogP contribution in [0.3, 0.4) is 0 Å². The molecule has 0 unspecified atom stereocenters. The maximum Gasteiger partial charge on any atom is 2.00 e. The quantitative estimate of drug-likeness (QED) is 0.137. The van der Waals surface area contributed by atoms with Gasteiger partial charge in [-0.25, -0.2) is 4.98 Å². The average Bonchev–Trinajstić information content (AvgIpc) is 3.56. The largest absolute Gasteiger partial charge is 2.00 e. The number of aromatic nitrogens is 4. The van der Waals surface area contributed by atoms with E-state index >= 15 is 0 Å². The maximum atomic E-state index is 5.00. The Morgan fingerprint density at radius 3 is 2.32 bits per heavy atom. The molecule has 7 aromatic rings. The molecular weight excluding hydrogens is 684 g/mol. The van der Waals surface area contributed by atoms with Crippen molar-refractivity contribution in [3.8, 4) is 11.3 Å². The molecule has 41 heavy (non-hydrogen) atoms. The predicted molar refractivity (Wildman–Crippen MR) is 161 cm³/mol. The van der Waals surface area contributed by atoms with Crippen molar-refractivity contribution in [1.82, 2.24) is 19.4 Å². The molecule has 0 aliphatic heterocycles. The van der Waals surface area contributed by atoms with Gasteiger partial charge in [0.2, 0.25) is 0 Å². The van der Waals surface area contributed by atoms with Gasteiger partial charge in [-0.1, -0.05) is 50.6 Å². The molecule has 4 heterocycles. The van der Waals surface area contributed by atoms with Gasteiger partial charge < -0.3 is 14.4 Å². The molecular formula is C36H28N4Pt. The summed E-state index contributed by atoms with van der Waals surface area (Å²) >= 11 is 0. The van der Waals surface area contributed by atoms with Crippen LogP contribution in [0.1, 0.15) is 44.2 Å². The fraction of sp³-hybridized carbons (Fsp3) is 0.194. The molecule has 1 aliphatic rings. The molecule has 3 aromatic carbocycles. The molecule has 1 fully saturated rings. The molecule has 0 saturated heterocycles. The number of para-hydroxylation sites is 2. The molecule has 0 radical (unpaired) electrons. The first kappa shape index (κ1) is 26.0. The third kappa shape index (κ3) is 3.73. The van der Waals surface area contributed by atoms with Crippen molar-refractivity contribution in [2.24, 2.45) is 0 Å². The van der Waals surface area contributed by atoms with Gasteiger partial charge in [0.25, 0.3) is 0 Å². The summed E-state index contributed by atoms with van der Waals surface area (Å²) in [5.74, 6) is 0. The Labute approximate surface area is 253 Å². The average molecular weight is 712 g/mol. The molecule has 0 N–H and O–H groups in total. The summed E-state index contributed by atoms with van der Waals surface area (Å²) in [6.45, 7) is 4.83. The summed E-state index contributed by atoms with van der Waals surface area (Å²) in [7, 11) is 0. The summed E-state index contributed by atoms with van der Waals surface area (Å²) in [4.78, 5) is 14.5. The SMILES string of the molecule is C[C@@]1(c2[c-]c(-c3ccccn3)ccc2)CCC[C@@]1(C)c1[c-]c2c3ncccc3c3nc4ccccc4n3c2cc1.[Pt+2]. The van der Waals surface area contributed by atoms with E-state index in [0.717, 1.165) is 69.0 Å². The van der Waals surface area contributed by atoms with Crippen LogP contribution in [0.15, 0.2) is 97.3 Å². The van der Waals surface area contributed by atoms with Gasteiger partial charge in [-0.05, 0) is 59.1 Å². The Kier molecular flexibility index (Phi) is 6.10. The Balaban J connectivity index is 0.00000276. The Morgan fingerprint density at radius 1 is 0.707 bits per heavy atom. The third-order valence-corrected chi connectivity index (χ3v) is 9.51. The molecule has 1 aliphatic carbocycles. The standard InChI is InChI=1S/C36H28N4.Pt/c1-35(25-11-7-10-24(22-25)29-13-5-6-20-37-29)18-9-19-36(35,2)26-16-17-31-28(23-26)33-27(12-8-21-38-33)34-39-30-14-3-4-15-32(30)40(31)34;/h3-8,10-17,20-21H,9,18-19H2,1-2H3;/q-2;+2/t35-,36-;/m0./s1. The molecule has 0 bridgehead atoms. The molecule has 8 rings (SSSR count). The van der Waals surface area contributed by atoms with Gasteiger partial charge in [-0.3, -0.25) is 0 Å². The van der Waals surface area contributed by atoms with Crippen LogP contribution in [0, 0.1) is 12.1 Å². The van der Waals surface area contributed by atoms with Crippen LogP contribution in [0.25, 0.3) is 49.7 Å². The number of hydrogen-bond donors (Lipinski definition) is 0. The molecule has 4 nitrogen and oxygen atoms in total. The van der Waals surface area contributed by atoms with E-state index in [4.69, 9.17) is 9.97 Å². The monoisotopic (exact) mass is 711 g/mol. The Morgan fingerprint density at radius 2 is 1.49 bits per heavy atom. The van der Waals surface area contributed by atoms with Gasteiger partial charge in [0.15, 0.2) is 0 Å². The van der Waals surface area contributed by atoms with Crippen molar-refractivity contribution in [1.29, 1.82) is 0 Å². The predicted octanol–water partition coefficient (Wildman–Crippen LogP) is 8.25. The van der Waals surface area contributed by atoms with Crippen LogP contribution in [-0.2, 0) is 31.9 Å². The summed E-state index contributed by atoms with van der Waals surface area (Å²) in [6, 6.07) is 37.3. The fourth-order valence-corrected chi connectivity index (χ4v) is 7.08. The first-order valence-corrected chi connectivity index (χ1v) is 14.0.